The van der Waals surface area contributed by atoms with E-state index in [4.69, 9.17) is 27.9 Å². The Morgan fingerprint density at radius 1 is 0.800 bits per heavy atom. The van der Waals surface area contributed by atoms with E-state index in [0.717, 1.165) is 11.3 Å². The summed E-state index contributed by atoms with van der Waals surface area (Å²) in [6, 6.07) is 29.0. The van der Waals surface area contributed by atoms with Crippen LogP contribution in [-0.2, 0) is 14.3 Å². The Morgan fingerprint density at radius 2 is 1.49 bits per heavy atom. The summed E-state index contributed by atoms with van der Waals surface area (Å²) in [7, 11) is 0. The molecular weight excluding hydrogens is 780 g/mol. The number of para-hydroxylation sites is 1. The molecular formula is C41H36Cl2N4O6S2. The molecule has 0 radical (unpaired) electrons. The van der Waals surface area contributed by atoms with Gasteiger partial charge in [-0.2, -0.15) is 0 Å². The lowest BCUT2D eigenvalue weighted by molar-refractivity contribution is -0.116. The molecule has 1 heterocycles. The SMILES string of the molecule is CCOC(=O)c1c(NC(=O)C(CC)Sc2cccc(NC(=O)/C(=C\c3ccc(Cl)cc3Cl)NC(=O)c3ccccc3)c2)sc(C(=O)Nc2ccccc2)c1C. The minimum Gasteiger partial charge on any atom is -0.462 e. The second kappa shape index (κ2) is 19.3. The molecule has 5 aromatic rings. The Kier molecular flexibility index (Phi) is 14.3. The van der Waals surface area contributed by atoms with Gasteiger partial charge in [-0.15, -0.1) is 23.1 Å². The van der Waals surface area contributed by atoms with Crippen LogP contribution in [-0.4, -0.2) is 41.5 Å². The molecule has 4 aromatic carbocycles. The van der Waals surface area contributed by atoms with E-state index in [1.54, 1.807) is 105 Å². The van der Waals surface area contributed by atoms with E-state index in [1.807, 2.05) is 13.0 Å². The predicted molar refractivity (Wildman–Crippen MR) is 221 cm³/mol. The Hall–Kier alpha value is -5.40. The molecule has 0 aliphatic carbocycles. The van der Waals surface area contributed by atoms with Crippen LogP contribution in [0.5, 0.6) is 0 Å². The molecule has 0 spiro atoms. The van der Waals surface area contributed by atoms with Gasteiger partial charge in [0.2, 0.25) is 5.91 Å². The Morgan fingerprint density at radius 3 is 2.16 bits per heavy atom. The quantitative estimate of drug-likeness (QED) is 0.0497. The van der Waals surface area contributed by atoms with Crippen molar-refractivity contribution in [2.24, 2.45) is 0 Å². The van der Waals surface area contributed by atoms with Gasteiger partial charge in [0.05, 0.1) is 22.3 Å². The molecule has 0 fully saturated rings. The van der Waals surface area contributed by atoms with Crippen molar-refractivity contribution in [3.63, 3.8) is 0 Å². The Balaban J connectivity index is 1.34. The van der Waals surface area contributed by atoms with E-state index < -0.39 is 34.8 Å². The second-order valence-electron chi connectivity index (χ2n) is 11.8. The molecule has 5 rings (SSSR count). The van der Waals surface area contributed by atoms with E-state index in [-0.39, 0.29) is 32.8 Å². The van der Waals surface area contributed by atoms with Crippen LogP contribution in [0, 0.1) is 6.92 Å². The number of rotatable bonds is 14. The van der Waals surface area contributed by atoms with Crippen LogP contribution in [0.4, 0.5) is 16.4 Å². The molecule has 1 unspecified atom stereocenters. The first-order valence-corrected chi connectivity index (χ1v) is 19.5. The molecule has 1 aromatic heterocycles. The number of nitrogens with one attached hydrogen (secondary N) is 4. The zero-order valence-corrected chi connectivity index (χ0v) is 33.1. The van der Waals surface area contributed by atoms with Gasteiger partial charge in [0.25, 0.3) is 17.7 Å². The number of hydrogen-bond acceptors (Lipinski definition) is 8. The molecule has 4 N–H and O–H groups in total. The number of esters is 1. The van der Waals surface area contributed by atoms with Crippen molar-refractivity contribution < 1.29 is 28.7 Å². The zero-order valence-electron chi connectivity index (χ0n) is 29.9. The molecule has 4 amide bonds. The maximum atomic E-state index is 13.7. The van der Waals surface area contributed by atoms with Gasteiger partial charge in [-0.1, -0.05) is 78.7 Å². The summed E-state index contributed by atoms with van der Waals surface area (Å²) in [4.78, 5) is 67.7. The molecule has 0 aliphatic heterocycles. The molecule has 0 saturated carbocycles. The summed E-state index contributed by atoms with van der Waals surface area (Å²) >= 11 is 14.7. The fourth-order valence-corrected chi connectivity index (χ4v) is 7.79. The standard InChI is InChI=1S/C41H36Cl2N4O6S2/c1-4-33(38(50)47-40-34(41(52)53-5-2)24(3)35(55-40)39(51)44-28-15-10-7-11-16-28)54-30-18-12-17-29(23-30)45-37(49)32(21-26-19-20-27(42)22-31(26)43)46-36(48)25-13-8-6-9-14-25/h6-23,33H,4-5H2,1-3H3,(H,44,51)(H,45,49)(H,46,48)(H,47,50)/b32-21+. The molecule has 0 saturated heterocycles. The summed E-state index contributed by atoms with van der Waals surface area (Å²) in [6.07, 6.45) is 1.87. The topological polar surface area (TPSA) is 143 Å². The number of amides is 4. The fraction of sp³-hybridized carbons (Fsp3) is 0.146. The van der Waals surface area contributed by atoms with Gasteiger partial charge in [-0.05, 0) is 92.1 Å². The maximum absolute atomic E-state index is 13.7. The van der Waals surface area contributed by atoms with Gasteiger partial charge in [0, 0.05) is 31.9 Å². The van der Waals surface area contributed by atoms with E-state index in [2.05, 4.69) is 21.3 Å². The lowest BCUT2D eigenvalue weighted by atomic mass is 10.1. The number of carbonyl (C=O) groups excluding carboxylic acids is 5. The number of thiophene rings is 1. The summed E-state index contributed by atoms with van der Waals surface area (Å²) < 4.78 is 5.28. The van der Waals surface area contributed by atoms with Crippen molar-refractivity contribution in [3.8, 4) is 0 Å². The highest BCUT2D eigenvalue weighted by Gasteiger charge is 2.29. The van der Waals surface area contributed by atoms with Crippen molar-refractivity contribution in [1.82, 2.24) is 5.32 Å². The van der Waals surface area contributed by atoms with Crippen LogP contribution < -0.4 is 21.3 Å². The molecule has 55 heavy (non-hydrogen) atoms. The van der Waals surface area contributed by atoms with E-state index in [9.17, 15) is 24.0 Å². The van der Waals surface area contributed by atoms with E-state index in [1.165, 1.54) is 23.9 Å². The van der Waals surface area contributed by atoms with Gasteiger partial charge in [-0.25, -0.2) is 4.79 Å². The minimum absolute atomic E-state index is 0.0672. The summed E-state index contributed by atoms with van der Waals surface area (Å²) in [5, 5.41) is 11.5. The van der Waals surface area contributed by atoms with E-state index >= 15 is 0 Å². The van der Waals surface area contributed by atoms with Crippen LogP contribution >= 0.6 is 46.3 Å². The van der Waals surface area contributed by atoms with E-state index in [0.29, 0.717) is 44.4 Å². The second-order valence-corrected chi connectivity index (χ2v) is 15.0. The summed E-state index contributed by atoms with van der Waals surface area (Å²) in [5.74, 6) is -2.58. The molecule has 0 aliphatic rings. The highest BCUT2D eigenvalue weighted by molar-refractivity contribution is 8.00. The highest BCUT2D eigenvalue weighted by atomic mass is 35.5. The molecule has 1 atom stereocenters. The van der Waals surface area contributed by atoms with Crippen LogP contribution in [0.15, 0.2) is 114 Å². The third-order valence-corrected chi connectivity index (χ3v) is 11.1. The van der Waals surface area contributed by atoms with Gasteiger partial charge in [-0.3, -0.25) is 19.2 Å². The first kappa shape index (κ1) is 40.8. The van der Waals surface area contributed by atoms with Crippen LogP contribution in [0.3, 0.4) is 0 Å². The highest BCUT2D eigenvalue weighted by Crippen LogP contribution is 2.36. The summed E-state index contributed by atoms with van der Waals surface area (Å²) in [6.45, 7) is 5.27. The van der Waals surface area contributed by atoms with Crippen molar-refractivity contribution in [1.29, 1.82) is 0 Å². The number of thioether (sulfide) groups is 1. The van der Waals surface area contributed by atoms with Crippen LogP contribution in [0.25, 0.3) is 6.08 Å². The van der Waals surface area contributed by atoms with Gasteiger partial charge in [0.15, 0.2) is 0 Å². The molecule has 0 bridgehead atoms. The minimum atomic E-state index is -0.652. The third kappa shape index (κ3) is 10.9. The number of hydrogen-bond donors (Lipinski definition) is 4. The fourth-order valence-electron chi connectivity index (χ4n) is 5.22. The summed E-state index contributed by atoms with van der Waals surface area (Å²) in [5.41, 5.74) is 2.24. The molecule has 14 heteroatoms. The Labute approximate surface area is 336 Å². The average Bonchev–Trinajstić information content (AvgIpc) is 3.50. The first-order chi connectivity index (χ1) is 26.5. The zero-order chi connectivity index (χ0) is 39.5. The average molecular weight is 816 g/mol. The van der Waals surface area contributed by atoms with Gasteiger partial charge >= 0.3 is 5.97 Å². The largest absolute Gasteiger partial charge is 0.462 e. The predicted octanol–water partition coefficient (Wildman–Crippen LogP) is 9.71. The Bertz CT molecular complexity index is 2250. The first-order valence-electron chi connectivity index (χ1n) is 17.1. The normalized spacial score (nSPS) is 11.6. The lowest BCUT2D eigenvalue weighted by Gasteiger charge is -2.16. The maximum Gasteiger partial charge on any atom is 0.341 e. The number of carbonyl (C=O) groups is 5. The lowest BCUT2D eigenvalue weighted by Crippen LogP contribution is -2.30. The molecule has 10 nitrogen and oxygen atoms in total. The van der Waals surface area contributed by atoms with Gasteiger partial charge < -0.3 is 26.0 Å². The smallest absolute Gasteiger partial charge is 0.341 e. The molecule has 282 valence electrons. The van der Waals surface area contributed by atoms with Crippen molar-refractivity contribution in [3.05, 3.63) is 146 Å². The van der Waals surface area contributed by atoms with Crippen LogP contribution in [0.2, 0.25) is 10.0 Å². The van der Waals surface area contributed by atoms with Crippen molar-refractivity contribution >= 4 is 98.4 Å². The van der Waals surface area contributed by atoms with Crippen molar-refractivity contribution in [2.75, 3.05) is 22.6 Å². The van der Waals surface area contributed by atoms with Crippen molar-refractivity contribution in [2.45, 2.75) is 37.3 Å². The number of benzene rings is 4. The number of ether oxygens (including phenoxy) is 1. The van der Waals surface area contributed by atoms with Crippen LogP contribution in [0.1, 0.15) is 61.8 Å². The monoisotopic (exact) mass is 814 g/mol. The van der Waals surface area contributed by atoms with Gasteiger partial charge in [0.1, 0.15) is 10.7 Å². The number of anilines is 3. The number of halogens is 2. The third-order valence-electron chi connectivity index (χ3n) is 7.93.